The summed E-state index contributed by atoms with van der Waals surface area (Å²) < 4.78 is 0. The number of hydrogen-bond donors (Lipinski definition) is 3. The van der Waals surface area contributed by atoms with E-state index in [0.29, 0.717) is 24.3 Å². The van der Waals surface area contributed by atoms with Crippen molar-refractivity contribution in [2.45, 2.75) is 32.3 Å². The van der Waals surface area contributed by atoms with Crippen molar-refractivity contribution < 1.29 is 9.90 Å². The second-order valence-corrected chi connectivity index (χ2v) is 5.66. The lowest BCUT2D eigenvalue weighted by Crippen LogP contribution is -2.46. The van der Waals surface area contributed by atoms with Crippen LogP contribution in [0.1, 0.15) is 37.0 Å². The van der Waals surface area contributed by atoms with Gasteiger partial charge in [0.2, 0.25) is 0 Å². The minimum absolute atomic E-state index is 0.114. The number of rotatable bonds is 3. The van der Waals surface area contributed by atoms with Gasteiger partial charge in [-0.3, -0.25) is 4.79 Å². The highest BCUT2D eigenvalue weighted by atomic mass is 16.3. The Hall–Kier alpha value is -1.75. The summed E-state index contributed by atoms with van der Waals surface area (Å²) in [6.45, 7) is 5.76. The number of carbonyl (C=O) groups excluding carboxylic acids is 1. The Bertz CT molecular complexity index is 500. The molecule has 1 unspecified atom stereocenters. The summed E-state index contributed by atoms with van der Waals surface area (Å²) in [5, 5.41) is 12.9. The normalized spacial score (nSPS) is 22.6. The molecule has 0 saturated carbocycles. The molecule has 4 N–H and O–H groups in total. The number of nitrogen functional groups attached to an aromatic ring is 1. The van der Waals surface area contributed by atoms with Crippen LogP contribution >= 0.6 is 0 Å². The van der Waals surface area contributed by atoms with E-state index in [1.807, 2.05) is 19.9 Å². The quantitative estimate of drug-likeness (QED) is 0.729. The van der Waals surface area contributed by atoms with E-state index in [1.165, 1.54) is 0 Å². The van der Waals surface area contributed by atoms with Gasteiger partial charge in [0, 0.05) is 25.2 Å². The number of piperidine rings is 1. The molecule has 0 radical (unpaired) electrons. The van der Waals surface area contributed by atoms with Crippen LogP contribution in [0.25, 0.3) is 0 Å². The van der Waals surface area contributed by atoms with Gasteiger partial charge in [-0.05, 0) is 44.9 Å². The highest BCUT2D eigenvalue weighted by Crippen LogP contribution is 2.30. The number of anilines is 2. The molecule has 2 rings (SSSR count). The van der Waals surface area contributed by atoms with Gasteiger partial charge in [0.25, 0.3) is 5.91 Å². The first-order valence-corrected chi connectivity index (χ1v) is 7.08. The summed E-state index contributed by atoms with van der Waals surface area (Å²) in [7, 11) is 0. The molecule has 110 valence electrons. The molecule has 1 atom stereocenters. The van der Waals surface area contributed by atoms with Crippen molar-refractivity contribution >= 4 is 17.3 Å². The number of β-amino-alcohol motifs (C(OH)–C–C–N with tert-alkyl or cyclic N) is 1. The molecule has 1 amide bonds. The minimum atomic E-state index is -0.678. The standard InChI is InChI=1S/C15H23N3O2/c1-3-17-14(19)11-5-6-13(12(16)9-11)18-8-4-7-15(2,20)10-18/h5-6,9,20H,3-4,7-8,10,16H2,1-2H3,(H,17,19). The molecule has 5 nitrogen and oxygen atoms in total. The molecular weight excluding hydrogens is 254 g/mol. The Morgan fingerprint density at radius 2 is 2.30 bits per heavy atom. The first kappa shape index (κ1) is 14.7. The zero-order valence-electron chi connectivity index (χ0n) is 12.1. The Balaban J connectivity index is 2.19. The van der Waals surface area contributed by atoms with Gasteiger partial charge < -0.3 is 21.1 Å². The molecule has 20 heavy (non-hydrogen) atoms. The maximum atomic E-state index is 11.8. The molecule has 0 aliphatic carbocycles. The smallest absolute Gasteiger partial charge is 0.251 e. The average Bonchev–Trinajstić information content (AvgIpc) is 2.37. The first-order chi connectivity index (χ1) is 9.43. The molecule has 0 spiro atoms. The van der Waals surface area contributed by atoms with Crippen molar-refractivity contribution in [1.82, 2.24) is 5.32 Å². The number of nitrogens with zero attached hydrogens (tertiary/aromatic N) is 1. The van der Waals surface area contributed by atoms with E-state index < -0.39 is 5.60 Å². The van der Waals surface area contributed by atoms with Gasteiger partial charge in [-0.25, -0.2) is 0 Å². The molecule has 1 aliphatic heterocycles. The van der Waals surface area contributed by atoms with Crippen LogP contribution in [-0.4, -0.2) is 36.2 Å². The summed E-state index contributed by atoms with van der Waals surface area (Å²) in [5.74, 6) is -0.114. The van der Waals surface area contributed by atoms with Crippen LogP contribution in [-0.2, 0) is 0 Å². The molecule has 1 saturated heterocycles. The Morgan fingerprint density at radius 1 is 1.55 bits per heavy atom. The molecule has 0 aromatic heterocycles. The van der Waals surface area contributed by atoms with Crippen LogP contribution < -0.4 is 16.0 Å². The van der Waals surface area contributed by atoms with Gasteiger partial charge in [-0.1, -0.05) is 0 Å². The third kappa shape index (κ3) is 3.22. The maximum Gasteiger partial charge on any atom is 0.251 e. The third-order valence-electron chi connectivity index (χ3n) is 3.64. The van der Waals surface area contributed by atoms with Crippen LogP contribution in [0.3, 0.4) is 0 Å². The predicted molar refractivity (Wildman–Crippen MR) is 80.9 cm³/mol. The number of hydrogen-bond acceptors (Lipinski definition) is 4. The van der Waals surface area contributed by atoms with E-state index in [9.17, 15) is 9.90 Å². The monoisotopic (exact) mass is 277 g/mol. The topological polar surface area (TPSA) is 78.6 Å². The van der Waals surface area contributed by atoms with Crippen molar-refractivity contribution in [2.24, 2.45) is 0 Å². The van der Waals surface area contributed by atoms with Crippen LogP contribution in [0.2, 0.25) is 0 Å². The highest BCUT2D eigenvalue weighted by molar-refractivity contribution is 5.96. The molecule has 1 heterocycles. The lowest BCUT2D eigenvalue weighted by atomic mass is 9.94. The lowest BCUT2D eigenvalue weighted by molar-refractivity contribution is 0.0449. The van der Waals surface area contributed by atoms with Crippen molar-refractivity contribution in [2.75, 3.05) is 30.3 Å². The van der Waals surface area contributed by atoms with Crippen molar-refractivity contribution in [3.63, 3.8) is 0 Å². The third-order valence-corrected chi connectivity index (χ3v) is 3.64. The molecule has 1 fully saturated rings. The number of carbonyl (C=O) groups is 1. The zero-order valence-corrected chi connectivity index (χ0v) is 12.1. The predicted octanol–water partition coefficient (Wildman–Crippen LogP) is 1.37. The van der Waals surface area contributed by atoms with Gasteiger partial charge >= 0.3 is 0 Å². The summed E-state index contributed by atoms with van der Waals surface area (Å²) >= 11 is 0. The molecule has 1 aliphatic rings. The fraction of sp³-hybridized carbons (Fsp3) is 0.533. The second kappa shape index (κ2) is 5.71. The van der Waals surface area contributed by atoms with Gasteiger partial charge in [-0.2, -0.15) is 0 Å². The molecule has 1 aromatic carbocycles. The molecule has 1 aromatic rings. The Kier molecular flexibility index (Phi) is 4.18. The van der Waals surface area contributed by atoms with E-state index in [2.05, 4.69) is 10.2 Å². The van der Waals surface area contributed by atoms with Crippen molar-refractivity contribution in [3.05, 3.63) is 23.8 Å². The maximum absolute atomic E-state index is 11.8. The Morgan fingerprint density at radius 3 is 2.90 bits per heavy atom. The number of nitrogens with one attached hydrogen (secondary N) is 1. The van der Waals surface area contributed by atoms with Crippen LogP contribution in [0.5, 0.6) is 0 Å². The van der Waals surface area contributed by atoms with E-state index in [4.69, 9.17) is 5.73 Å². The van der Waals surface area contributed by atoms with Gasteiger partial charge in [0.1, 0.15) is 0 Å². The SMILES string of the molecule is CCNC(=O)c1ccc(N2CCCC(C)(O)C2)c(N)c1. The minimum Gasteiger partial charge on any atom is -0.397 e. The molecule has 5 heteroatoms. The van der Waals surface area contributed by atoms with Crippen LogP contribution in [0.15, 0.2) is 18.2 Å². The number of benzene rings is 1. The number of nitrogens with two attached hydrogens (primary N) is 1. The van der Waals surface area contributed by atoms with Crippen molar-refractivity contribution in [1.29, 1.82) is 0 Å². The van der Waals surface area contributed by atoms with Gasteiger partial charge in [0.15, 0.2) is 0 Å². The highest BCUT2D eigenvalue weighted by Gasteiger charge is 2.29. The van der Waals surface area contributed by atoms with Crippen LogP contribution in [0, 0.1) is 0 Å². The molecular formula is C15H23N3O2. The fourth-order valence-electron chi connectivity index (χ4n) is 2.67. The summed E-state index contributed by atoms with van der Waals surface area (Å²) in [5.41, 5.74) is 7.42. The summed E-state index contributed by atoms with van der Waals surface area (Å²) in [6, 6.07) is 5.34. The largest absolute Gasteiger partial charge is 0.397 e. The molecule has 0 bridgehead atoms. The average molecular weight is 277 g/mol. The van der Waals surface area contributed by atoms with Gasteiger partial charge in [0.05, 0.1) is 17.0 Å². The fourth-order valence-corrected chi connectivity index (χ4v) is 2.67. The summed E-state index contributed by atoms with van der Waals surface area (Å²) in [4.78, 5) is 13.9. The van der Waals surface area contributed by atoms with E-state index >= 15 is 0 Å². The number of amides is 1. The first-order valence-electron chi connectivity index (χ1n) is 7.08. The van der Waals surface area contributed by atoms with E-state index in [0.717, 1.165) is 25.1 Å². The van der Waals surface area contributed by atoms with Crippen LogP contribution in [0.4, 0.5) is 11.4 Å². The van der Waals surface area contributed by atoms with Gasteiger partial charge in [-0.15, -0.1) is 0 Å². The van der Waals surface area contributed by atoms with Crippen molar-refractivity contribution in [3.8, 4) is 0 Å². The summed E-state index contributed by atoms with van der Waals surface area (Å²) in [6.07, 6.45) is 1.74. The second-order valence-electron chi connectivity index (χ2n) is 5.66. The zero-order chi connectivity index (χ0) is 14.8. The van der Waals surface area contributed by atoms with E-state index in [-0.39, 0.29) is 5.91 Å². The number of aliphatic hydroxyl groups is 1. The lowest BCUT2D eigenvalue weighted by Gasteiger charge is -2.38. The van der Waals surface area contributed by atoms with E-state index in [1.54, 1.807) is 12.1 Å². The Labute approximate surface area is 119 Å².